The molecule has 0 saturated heterocycles. The number of hydrogen-bond donors (Lipinski definition) is 1. The number of hydrogen-bond acceptors (Lipinski definition) is 3. The monoisotopic (exact) mass is 324 g/mol. The van der Waals surface area contributed by atoms with E-state index < -0.39 is 11.4 Å². The van der Waals surface area contributed by atoms with Crippen LogP contribution < -0.4 is 0 Å². The Labute approximate surface area is 140 Å². The molecule has 1 rings (SSSR count). The zero-order valence-corrected chi connectivity index (χ0v) is 14.7. The highest BCUT2D eigenvalue weighted by molar-refractivity contribution is 5.79. The Balaban J connectivity index is 2.10. The molecule has 2 unspecified atom stereocenters. The summed E-state index contributed by atoms with van der Waals surface area (Å²) in [7, 11) is 0. The van der Waals surface area contributed by atoms with Crippen molar-refractivity contribution in [2.45, 2.75) is 78.1 Å². The lowest BCUT2D eigenvalue weighted by Crippen LogP contribution is -2.31. The van der Waals surface area contributed by atoms with Crippen LogP contribution in [-0.4, -0.2) is 23.7 Å². The van der Waals surface area contributed by atoms with Crippen LogP contribution in [0.3, 0.4) is 0 Å². The number of aliphatic carboxylic acids is 1. The molecule has 0 heterocycles. The molecule has 0 aromatic carbocycles. The van der Waals surface area contributed by atoms with Crippen LogP contribution in [0.25, 0.3) is 0 Å². The van der Waals surface area contributed by atoms with E-state index in [4.69, 9.17) is 9.84 Å². The normalized spacial score (nSPS) is 23.7. The molecule has 0 fully saturated rings. The molecular formula is C19H32O4. The highest BCUT2D eigenvalue weighted by Crippen LogP contribution is 2.33. The molecule has 0 spiro atoms. The van der Waals surface area contributed by atoms with Crippen molar-refractivity contribution in [3.05, 3.63) is 12.2 Å². The molecule has 4 nitrogen and oxygen atoms in total. The Morgan fingerprint density at radius 3 is 2.26 bits per heavy atom. The fraction of sp³-hybridized carbons (Fsp3) is 0.789. The van der Waals surface area contributed by atoms with Gasteiger partial charge in [-0.1, -0.05) is 64.0 Å². The second-order valence-corrected chi connectivity index (χ2v) is 6.87. The molecule has 0 saturated carbocycles. The van der Waals surface area contributed by atoms with Crippen molar-refractivity contribution in [3.8, 4) is 0 Å². The molecule has 0 radical (unpaired) electrons. The summed E-state index contributed by atoms with van der Waals surface area (Å²) in [6.07, 6.45) is 14.1. The predicted octanol–water partition coefficient (Wildman–Crippen LogP) is 4.73. The first-order valence-electron chi connectivity index (χ1n) is 9.09. The molecule has 23 heavy (non-hydrogen) atoms. The summed E-state index contributed by atoms with van der Waals surface area (Å²) >= 11 is 0. The third-order valence-electron chi connectivity index (χ3n) is 4.70. The first-order chi connectivity index (χ1) is 11.0. The number of unbranched alkanes of at least 4 members (excludes halogenated alkanes) is 7. The molecule has 0 aliphatic heterocycles. The second-order valence-electron chi connectivity index (χ2n) is 6.87. The molecule has 0 aromatic heterocycles. The van der Waals surface area contributed by atoms with E-state index >= 15 is 0 Å². The molecule has 132 valence electrons. The predicted molar refractivity (Wildman–Crippen MR) is 91.2 cm³/mol. The zero-order chi connectivity index (χ0) is 17.1. The van der Waals surface area contributed by atoms with Gasteiger partial charge >= 0.3 is 11.9 Å². The largest absolute Gasteiger partial charge is 0.481 e. The lowest BCUT2D eigenvalue weighted by molar-refractivity contribution is -0.150. The van der Waals surface area contributed by atoms with Gasteiger partial charge in [-0.15, -0.1) is 0 Å². The Morgan fingerprint density at radius 1 is 1.13 bits per heavy atom. The van der Waals surface area contributed by atoms with Crippen molar-refractivity contribution >= 4 is 11.9 Å². The van der Waals surface area contributed by atoms with E-state index in [0.29, 0.717) is 19.4 Å². The Bertz CT molecular complexity index is 402. The summed E-state index contributed by atoms with van der Waals surface area (Å²) in [6, 6.07) is 0. The molecule has 0 amide bonds. The van der Waals surface area contributed by atoms with Gasteiger partial charge in [-0.05, 0) is 26.2 Å². The minimum absolute atomic E-state index is 0.211. The van der Waals surface area contributed by atoms with Crippen LogP contribution in [0, 0.1) is 11.3 Å². The summed E-state index contributed by atoms with van der Waals surface area (Å²) in [5.41, 5.74) is -0.839. The van der Waals surface area contributed by atoms with Gasteiger partial charge < -0.3 is 9.84 Å². The van der Waals surface area contributed by atoms with Crippen LogP contribution in [0.2, 0.25) is 0 Å². The van der Waals surface area contributed by atoms with E-state index in [1.54, 1.807) is 19.1 Å². The smallest absolute Gasteiger partial charge is 0.313 e. The van der Waals surface area contributed by atoms with Crippen molar-refractivity contribution in [1.82, 2.24) is 0 Å². The van der Waals surface area contributed by atoms with Crippen LogP contribution in [0.1, 0.15) is 78.1 Å². The van der Waals surface area contributed by atoms with Crippen LogP contribution in [-0.2, 0) is 14.3 Å². The van der Waals surface area contributed by atoms with E-state index in [1.807, 2.05) is 0 Å². The number of esters is 1. The van der Waals surface area contributed by atoms with Crippen molar-refractivity contribution in [1.29, 1.82) is 0 Å². The summed E-state index contributed by atoms with van der Waals surface area (Å²) < 4.78 is 5.32. The highest BCUT2D eigenvalue weighted by atomic mass is 16.5. The van der Waals surface area contributed by atoms with E-state index in [-0.39, 0.29) is 11.9 Å². The van der Waals surface area contributed by atoms with Gasteiger partial charge in [0, 0.05) is 0 Å². The fourth-order valence-corrected chi connectivity index (χ4v) is 2.85. The zero-order valence-electron chi connectivity index (χ0n) is 14.7. The van der Waals surface area contributed by atoms with Gasteiger partial charge in [-0.25, -0.2) is 0 Å². The maximum absolute atomic E-state index is 12.0. The van der Waals surface area contributed by atoms with Gasteiger partial charge in [-0.2, -0.15) is 0 Å². The average molecular weight is 324 g/mol. The standard InChI is InChI=1S/C19H32O4/c1-3-4-5-6-7-8-9-10-15-23-17(20)16-11-13-19(2,14-12-16)18(21)22/h11,13,16H,3-10,12,14-15H2,1-2H3,(H,21,22). The molecule has 1 N–H and O–H groups in total. The first-order valence-corrected chi connectivity index (χ1v) is 9.09. The van der Waals surface area contributed by atoms with Crippen molar-refractivity contribution in [3.63, 3.8) is 0 Å². The maximum atomic E-state index is 12.0. The maximum Gasteiger partial charge on any atom is 0.313 e. The van der Waals surface area contributed by atoms with Gasteiger partial charge in [-0.3, -0.25) is 9.59 Å². The third kappa shape index (κ3) is 7.19. The lowest BCUT2D eigenvalue weighted by atomic mass is 9.77. The fourth-order valence-electron chi connectivity index (χ4n) is 2.85. The summed E-state index contributed by atoms with van der Waals surface area (Å²) in [6.45, 7) is 4.39. The van der Waals surface area contributed by atoms with Crippen molar-refractivity contribution in [2.24, 2.45) is 11.3 Å². The quantitative estimate of drug-likeness (QED) is 0.339. The second kappa shape index (κ2) is 10.5. The third-order valence-corrected chi connectivity index (χ3v) is 4.70. The van der Waals surface area contributed by atoms with E-state index in [9.17, 15) is 9.59 Å². The minimum Gasteiger partial charge on any atom is -0.481 e. The first kappa shape index (κ1) is 19.7. The Kier molecular flexibility index (Phi) is 8.97. The molecular weight excluding hydrogens is 292 g/mol. The van der Waals surface area contributed by atoms with Crippen molar-refractivity contribution in [2.75, 3.05) is 6.61 Å². The van der Waals surface area contributed by atoms with Gasteiger partial charge in [0.05, 0.1) is 17.9 Å². The Hall–Kier alpha value is -1.32. The molecule has 2 atom stereocenters. The summed E-state index contributed by atoms with van der Waals surface area (Å²) in [5.74, 6) is -1.33. The number of ether oxygens (including phenoxy) is 1. The topological polar surface area (TPSA) is 63.6 Å². The SMILES string of the molecule is CCCCCCCCCCOC(=O)C1C=CC(C)(C(=O)O)CC1. The number of rotatable bonds is 11. The van der Waals surface area contributed by atoms with Gasteiger partial charge in [0.25, 0.3) is 0 Å². The minimum atomic E-state index is -0.839. The van der Waals surface area contributed by atoms with E-state index in [1.165, 1.54) is 38.5 Å². The van der Waals surface area contributed by atoms with Gasteiger partial charge in [0.15, 0.2) is 0 Å². The molecule has 0 aromatic rings. The van der Waals surface area contributed by atoms with Crippen LogP contribution >= 0.6 is 0 Å². The molecule has 1 aliphatic carbocycles. The van der Waals surface area contributed by atoms with Crippen LogP contribution in [0.5, 0.6) is 0 Å². The lowest BCUT2D eigenvalue weighted by Gasteiger charge is -2.27. The van der Waals surface area contributed by atoms with Gasteiger partial charge in [0.1, 0.15) is 0 Å². The molecule has 1 aliphatic rings. The molecule has 0 bridgehead atoms. The summed E-state index contributed by atoms with van der Waals surface area (Å²) in [4.78, 5) is 23.1. The number of carboxylic acids is 1. The van der Waals surface area contributed by atoms with E-state index in [0.717, 1.165) is 12.8 Å². The summed E-state index contributed by atoms with van der Waals surface area (Å²) in [5, 5.41) is 9.15. The average Bonchev–Trinajstić information content (AvgIpc) is 2.53. The number of carboxylic acid groups (broad SMARTS) is 1. The van der Waals surface area contributed by atoms with Crippen LogP contribution in [0.15, 0.2) is 12.2 Å². The van der Waals surface area contributed by atoms with Crippen molar-refractivity contribution < 1.29 is 19.4 Å². The van der Waals surface area contributed by atoms with E-state index in [2.05, 4.69) is 6.92 Å². The Morgan fingerprint density at radius 2 is 1.74 bits per heavy atom. The molecule has 4 heteroatoms. The van der Waals surface area contributed by atoms with Gasteiger partial charge in [0.2, 0.25) is 0 Å². The number of carbonyl (C=O) groups excluding carboxylic acids is 1. The van der Waals surface area contributed by atoms with Crippen LogP contribution in [0.4, 0.5) is 0 Å². The highest BCUT2D eigenvalue weighted by Gasteiger charge is 2.35. The number of carbonyl (C=O) groups is 2.